The third kappa shape index (κ3) is 3.61. The van der Waals surface area contributed by atoms with Gasteiger partial charge in [-0.25, -0.2) is 0 Å². The molecule has 6 unspecified atom stereocenters. The van der Waals surface area contributed by atoms with E-state index in [2.05, 4.69) is 157 Å². The van der Waals surface area contributed by atoms with Crippen LogP contribution in [0.4, 0.5) is 0 Å². The zero-order valence-electron chi connectivity index (χ0n) is 21.9. The summed E-state index contributed by atoms with van der Waals surface area (Å²) in [6.45, 7) is 0. The van der Waals surface area contributed by atoms with Gasteiger partial charge in [-0.05, 0) is 40.7 Å². The SMILES string of the molecule is C1=CC2SC3=CCCC=C3C3(C2C=C1)C1C=CC=C(c2ccccc2)C1SC1C(c2ccccc2)=CC=CC13. The van der Waals surface area contributed by atoms with Crippen LogP contribution in [0.15, 0.2) is 144 Å². The lowest BCUT2D eigenvalue weighted by molar-refractivity contribution is 0.117. The maximum atomic E-state index is 2.64. The van der Waals surface area contributed by atoms with Crippen molar-refractivity contribution < 1.29 is 0 Å². The second-order valence-corrected chi connectivity index (χ2v) is 13.9. The summed E-state index contributed by atoms with van der Waals surface area (Å²) < 4.78 is 0. The van der Waals surface area contributed by atoms with Gasteiger partial charge in [-0.1, -0.05) is 134 Å². The summed E-state index contributed by atoms with van der Waals surface area (Å²) in [5.74, 6) is 1.29. The fourth-order valence-electron chi connectivity index (χ4n) is 8.05. The van der Waals surface area contributed by atoms with Crippen molar-refractivity contribution in [2.75, 3.05) is 0 Å². The average Bonchev–Trinajstić information content (AvgIpc) is 3.01. The molecule has 6 atom stereocenters. The van der Waals surface area contributed by atoms with Gasteiger partial charge in [-0.15, -0.1) is 23.5 Å². The smallest absolute Gasteiger partial charge is 0.0381 e. The fourth-order valence-corrected chi connectivity index (χ4v) is 11.6. The molecule has 1 spiro atoms. The molecule has 0 N–H and O–H groups in total. The number of hydrogen-bond acceptors (Lipinski definition) is 2. The topological polar surface area (TPSA) is 0 Å². The zero-order chi connectivity index (χ0) is 25.8. The first-order valence-corrected chi connectivity index (χ1v) is 16.1. The van der Waals surface area contributed by atoms with Crippen LogP contribution in [0.1, 0.15) is 24.0 Å². The van der Waals surface area contributed by atoms with Crippen molar-refractivity contribution in [1.29, 1.82) is 0 Å². The molecule has 2 saturated heterocycles. The van der Waals surface area contributed by atoms with E-state index in [9.17, 15) is 0 Å². The highest BCUT2D eigenvalue weighted by atomic mass is 32.2. The van der Waals surface area contributed by atoms with Gasteiger partial charge >= 0.3 is 0 Å². The van der Waals surface area contributed by atoms with Crippen LogP contribution in [0, 0.1) is 23.2 Å². The molecule has 2 aromatic carbocycles. The summed E-state index contributed by atoms with van der Waals surface area (Å²) in [7, 11) is 0. The Morgan fingerprint density at radius 1 is 0.590 bits per heavy atom. The minimum atomic E-state index is -0.000403. The van der Waals surface area contributed by atoms with Gasteiger partial charge in [0.15, 0.2) is 0 Å². The summed E-state index contributed by atoms with van der Waals surface area (Å²) in [5, 5.41) is 1.26. The monoisotopic (exact) mass is 540 g/mol. The average molecular weight is 541 g/mol. The van der Waals surface area contributed by atoms with Crippen molar-refractivity contribution in [1.82, 2.24) is 0 Å². The third-order valence-corrected chi connectivity index (χ3v) is 12.6. The van der Waals surface area contributed by atoms with Crippen molar-refractivity contribution in [3.8, 4) is 0 Å². The van der Waals surface area contributed by atoms with Gasteiger partial charge in [0.05, 0.1) is 0 Å². The molecule has 6 aliphatic rings. The highest BCUT2D eigenvalue weighted by molar-refractivity contribution is 8.04. The molecule has 2 heterocycles. The van der Waals surface area contributed by atoms with Gasteiger partial charge in [0.25, 0.3) is 0 Å². The summed E-state index contributed by atoms with van der Waals surface area (Å²) in [5.41, 5.74) is 7.33. The Bertz CT molecular complexity index is 1450. The Balaban J connectivity index is 1.37. The lowest BCUT2D eigenvalue weighted by atomic mass is 9.49. The van der Waals surface area contributed by atoms with E-state index in [1.54, 1.807) is 10.5 Å². The molecule has 0 nitrogen and oxygen atoms in total. The Morgan fingerprint density at radius 3 is 1.79 bits per heavy atom. The van der Waals surface area contributed by atoms with Crippen molar-refractivity contribution in [2.45, 2.75) is 28.6 Å². The van der Waals surface area contributed by atoms with E-state index in [1.165, 1.54) is 22.3 Å². The molecular formula is C37H32S2. The van der Waals surface area contributed by atoms with Crippen LogP contribution < -0.4 is 0 Å². The largest absolute Gasteiger partial charge is 0.144 e. The van der Waals surface area contributed by atoms with Crippen LogP contribution >= 0.6 is 23.5 Å². The van der Waals surface area contributed by atoms with Crippen molar-refractivity contribution in [2.24, 2.45) is 23.2 Å². The van der Waals surface area contributed by atoms with Gasteiger partial charge in [0, 0.05) is 43.8 Å². The molecule has 2 fully saturated rings. The van der Waals surface area contributed by atoms with Crippen LogP contribution in [0.5, 0.6) is 0 Å². The lowest BCUT2D eigenvalue weighted by Crippen LogP contribution is -2.59. The molecule has 0 amide bonds. The van der Waals surface area contributed by atoms with E-state index in [-0.39, 0.29) is 5.41 Å². The molecule has 0 bridgehead atoms. The quantitative estimate of drug-likeness (QED) is 0.372. The summed E-state index contributed by atoms with van der Waals surface area (Å²) >= 11 is 4.33. The molecular weight excluding hydrogens is 509 g/mol. The van der Waals surface area contributed by atoms with Gasteiger partial charge in [-0.2, -0.15) is 0 Å². The predicted molar refractivity (Wildman–Crippen MR) is 170 cm³/mol. The molecule has 2 aliphatic heterocycles. The van der Waals surface area contributed by atoms with Crippen LogP contribution in [0.3, 0.4) is 0 Å². The second-order valence-electron chi connectivity index (χ2n) is 11.3. The van der Waals surface area contributed by atoms with E-state index in [4.69, 9.17) is 0 Å². The van der Waals surface area contributed by atoms with Crippen LogP contribution in [-0.4, -0.2) is 15.7 Å². The van der Waals surface area contributed by atoms with E-state index < -0.39 is 0 Å². The summed E-state index contributed by atoms with van der Waals surface area (Å²) in [6.07, 6.45) is 31.9. The van der Waals surface area contributed by atoms with Gasteiger partial charge in [0.1, 0.15) is 0 Å². The molecule has 39 heavy (non-hydrogen) atoms. The first-order valence-electron chi connectivity index (χ1n) is 14.3. The number of benzene rings is 2. The molecule has 4 aliphatic carbocycles. The highest BCUT2D eigenvalue weighted by Crippen LogP contribution is 2.71. The standard InChI is InChI=1S/C37H32S2/c1-3-13-25(14-4-1)27-17-11-21-31-35(27)39-36-28(26-15-5-2-6-16-26)18-12-22-32(36)37(31)29-19-7-9-23-33(29)38-34-24-10-8-20-30(34)37/h1-7,9,11-24,29,31-33,35-36H,8,10H2. The van der Waals surface area contributed by atoms with Crippen LogP contribution in [0.25, 0.3) is 11.1 Å². The first-order chi connectivity index (χ1) is 19.4. The molecule has 0 radical (unpaired) electrons. The minimum Gasteiger partial charge on any atom is -0.144 e. The summed E-state index contributed by atoms with van der Waals surface area (Å²) in [6, 6.07) is 22.3. The molecule has 2 heteroatoms. The van der Waals surface area contributed by atoms with Crippen molar-refractivity contribution in [3.63, 3.8) is 0 Å². The van der Waals surface area contributed by atoms with Crippen LogP contribution in [-0.2, 0) is 0 Å². The van der Waals surface area contributed by atoms with E-state index in [1.807, 2.05) is 0 Å². The van der Waals surface area contributed by atoms with Crippen molar-refractivity contribution >= 4 is 34.7 Å². The normalized spacial score (nSPS) is 35.6. The van der Waals surface area contributed by atoms with Crippen LogP contribution in [0.2, 0.25) is 0 Å². The number of hydrogen-bond donors (Lipinski definition) is 0. The van der Waals surface area contributed by atoms with Gasteiger partial charge < -0.3 is 0 Å². The minimum absolute atomic E-state index is 0.000403. The van der Waals surface area contributed by atoms with Crippen molar-refractivity contribution in [3.05, 3.63) is 155 Å². The predicted octanol–water partition coefficient (Wildman–Crippen LogP) is 9.46. The third-order valence-electron chi connectivity index (χ3n) is 9.54. The number of thioether (sulfide) groups is 2. The first kappa shape index (κ1) is 23.9. The van der Waals surface area contributed by atoms with E-state index in [0.717, 1.165) is 12.8 Å². The van der Waals surface area contributed by atoms with E-state index in [0.29, 0.717) is 33.5 Å². The molecule has 2 aromatic rings. The van der Waals surface area contributed by atoms with Gasteiger partial charge in [-0.3, -0.25) is 0 Å². The molecule has 0 aromatic heterocycles. The number of allylic oxidation sites excluding steroid dienone is 12. The fraction of sp³-hybridized carbons (Fsp3) is 0.243. The Kier molecular flexibility index (Phi) is 5.89. The number of rotatable bonds is 2. The Hall–Kier alpha value is -2.94. The lowest BCUT2D eigenvalue weighted by Gasteiger charge is -2.63. The Morgan fingerprint density at radius 2 is 1.15 bits per heavy atom. The second kappa shape index (κ2) is 9.61. The highest BCUT2D eigenvalue weighted by Gasteiger charge is 2.64. The van der Waals surface area contributed by atoms with Gasteiger partial charge in [0.2, 0.25) is 0 Å². The zero-order valence-corrected chi connectivity index (χ0v) is 23.5. The number of fused-ring (bicyclic) bond motifs is 8. The van der Waals surface area contributed by atoms with E-state index >= 15 is 0 Å². The summed E-state index contributed by atoms with van der Waals surface area (Å²) in [4.78, 5) is 1.54. The molecule has 192 valence electrons. The maximum Gasteiger partial charge on any atom is 0.0381 e. The molecule has 0 saturated carbocycles. The maximum absolute atomic E-state index is 2.64. The Labute approximate surface area is 240 Å². The molecule has 8 rings (SSSR count).